The molecule has 3 nitrogen and oxygen atoms in total. The molecule has 0 atom stereocenters. The number of methoxy groups -OCH3 is 1. The summed E-state index contributed by atoms with van der Waals surface area (Å²) in [5.41, 5.74) is 5.13. The standard InChI is InChI=1S/C31H22Cl2O3/c1-21(34)36-20-29-18-27-17-28(19-35-2)24(9-3-22-5-11-30(32)12-6-22)15-26(27)16-25(29)10-4-23-7-13-31(33)14-8-23/h5-8,11-18H,19-20H2,1-2H3. The maximum Gasteiger partial charge on any atom is 0.302 e. The van der Waals surface area contributed by atoms with Gasteiger partial charge in [-0.15, -0.1) is 0 Å². The monoisotopic (exact) mass is 512 g/mol. The highest BCUT2D eigenvalue weighted by Gasteiger charge is 2.10. The number of hydrogen-bond donors (Lipinski definition) is 0. The van der Waals surface area contributed by atoms with Gasteiger partial charge >= 0.3 is 5.97 Å². The molecule has 0 saturated heterocycles. The Balaban J connectivity index is 1.81. The van der Waals surface area contributed by atoms with Gasteiger partial charge in [0.05, 0.1) is 6.61 Å². The molecule has 0 aliphatic rings. The lowest BCUT2D eigenvalue weighted by atomic mass is 9.96. The van der Waals surface area contributed by atoms with Crippen molar-refractivity contribution in [2.24, 2.45) is 0 Å². The van der Waals surface area contributed by atoms with Gasteiger partial charge in [0.15, 0.2) is 0 Å². The lowest BCUT2D eigenvalue weighted by molar-refractivity contribution is -0.142. The number of rotatable bonds is 4. The molecule has 0 fully saturated rings. The SMILES string of the molecule is COCc1cc2cc(COC(C)=O)c(C#Cc3ccc(Cl)cc3)cc2cc1C#Cc1ccc(Cl)cc1. The molecule has 0 aliphatic heterocycles. The first-order valence-electron chi connectivity index (χ1n) is 11.2. The van der Waals surface area contributed by atoms with Crippen molar-refractivity contribution < 1.29 is 14.3 Å². The largest absolute Gasteiger partial charge is 0.461 e. The second kappa shape index (κ2) is 11.8. The van der Waals surface area contributed by atoms with Crippen LogP contribution in [-0.4, -0.2) is 13.1 Å². The first kappa shape index (κ1) is 25.4. The molecule has 0 N–H and O–H groups in total. The normalized spacial score (nSPS) is 10.2. The minimum atomic E-state index is -0.348. The van der Waals surface area contributed by atoms with Crippen LogP contribution in [0.3, 0.4) is 0 Å². The highest BCUT2D eigenvalue weighted by molar-refractivity contribution is 6.30. The fourth-order valence-electron chi connectivity index (χ4n) is 3.60. The van der Waals surface area contributed by atoms with E-state index in [-0.39, 0.29) is 12.6 Å². The summed E-state index contributed by atoms with van der Waals surface area (Å²) in [6.07, 6.45) is 0. The summed E-state index contributed by atoms with van der Waals surface area (Å²) in [6.45, 7) is 1.94. The van der Waals surface area contributed by atoms with Crippen molar-refractivity contribution in [1.82, 2.24) is 0 Å². The molecule has 0 amide bonds. The van der Waals surface area contributed by atoms with Crippen molar-refractivity contribution in [2.45, 2.75) is 20.1 Å². The second-order valence-corrected chi connectivity index (χ2v) is 8.97. The predicted octanol–water partition coefficient (Wildman–Crippen LogP) is 7.16. The van der Waals surface area contributed by atoms with E-state index < -0.39 is 0 Å². The van der Waals surface area contributed by atoms with Crippen molar-refractivity contribution in [3.63, 3.8) is 0 Å². The minimum absolute atomic E-state index is 0.133. The molecule has 0 saturated carbocycles. The van der Waals surface area contributed by atoms with E-state index >= 15 is 0 Å². The molecular formula is C31H22Cl2O3. The van der Waals surface area contributed by atoms with Gasteiger partial charge in [0, 0.05) is 51.9 Å². The van der Waals surface area contributed by atoms with Crippen molar-refractivity contribution in [3.8, 4) is 23.7 Å². The number of carbonyl (C=O) groups excluding carboxylic acids is 1. The predicted molar refractivity (Wildman–Crippen MR) is 145 cm³/mol. The zero-order chi connectivity index (χ0) is 25.5. The molecule has 0 radical (unpaired) electrons. The van der Waals surface area contributed by atoms with Crippen LogP contribution in [0.2, 0.25) is 10.0 Å². The van der Waals surface area contributed by atoms with Crippen LogP contribution < -0.4 is 0 Å². The van der Waals surface area contributed by atoms with Crippen LogP contribution in [0.5, 0.6) is 0 Å². The molecule has 0 heterocycles. The Bertz CT molecular complexity index is 1530. The van der Waals surface area contributed by atoms with Crippen molar-refractivity contribution in [2.75, 3.05) is 7.11 Å². The molecule has 4 aromatic carbocycles. The summed E-state index contributed by atoms with van der Waals surface area (Å²) in [5, 5.41) is 3.28. The summed E-state index contributed by atoms with van der Waals surface area (Å²) in [7, 11) is 1.65. The first-order valence-corrected chi connectivity index (χ1v) is 11.9. The number of halogens is 2. The fourth-order valence-corrected chi connectivity index (χ4v) is 3.85. The summed E-state index contributed by atoms with van der Waals surface area (Å²) in [4.78, 5) is 11.5. The quantitative estimate of drug-likeness (QED) is 0.215. The van der Waals surface area contributed by atoms with Crippen LogP contribution in [0.1, 0.15) is 40.3 Å². The number of hydrogen-bond acceptors (Lipinski definition) is 3. The van der Waals surface area contributed by atoms with Crippen LogP contribution >= 0.6 is 23.2 Å². The number of benzene rings is 4. The van der Waals surface area contributed by atoms with E-state index in [0.717, 1.165) is 44.2 Å². The fraction of sp³-hybridized carbons (Fsp3) is 0.129. The number of carbonyl (C=O) groups is 1. The smallest absolute Gasteiger partial charge is 0.302 e. The van der Waals surface area contributed by atoms with Crippen LogP contribution in [-0.2, 0) is 27.5 Å². The Hall–Kier alpha value is -3.73. The van der Waals surface area contributed by atoms with Gasteiger partial charge in [0.25, 0.3) is 0 Å². The van der Waals surface area contributed by atoms with Gasteiger partial charge in [-0.25, -0.2) is 0 Å². The third kappa shape index (κ3) is 6.69. The van der Waals surface area contributed by atoms with Gasteiger partial charge in [0.1, 0.15) is 6.61 Å². The van der Waals surface area contributed by atoms with Gasteiger partial charge in [-0.3, -0.25) is 4.79 Å². The Morgan fingerprint density at radius 2 is 1.14 bits per heavy atom. The third-order valence-corrected chi connectivity index (χ3v) is 5.89. The minimum Gasteiger partial charge on any atom is -0.461 e. The summed E-state index contributed by atoms with van der Waals surface area (Å²) >= 11 is 12.0. The molecular weight excluding hydrogens is 491 g/mol. The topological polar surface area (TPSA) is 35.5 Å². The maximum atomic E-state index is 11.5. The summed E-state index contributed by atoms with van der Waals surface area (Å²) in [5.74, 6) is 12.5. The van der Waals surface area contributed by atoms with E-state index in [1.165, 1.54) is 6.92 Å². The van der Waals surface area contributed by atoms with Crippen LogP contribution in [0.15, 0.2) is 72.8 Å². The van der Waals surface area contributed by atoms with Gasteiger partial charge < -0.3 is 9.47 Å². The van der Waals surface area contributed by atoms with Crippen molar-refractivity contribution in [3.05, 3.63) is 116 Å². The van der Waals surface area contributed by atoms with Crippen LogP contribution in [0.4, 0.5) is 0 Å². The second-order valence-electron chi connectivity index (χ2n) is 8.09. The maximum absolute atomic E-state index is 11.5. The van der Waals surface area contributed by atoms with E-state index in [2.05, 4.69) is 29.7 Å². The molecule has 0 unspecified atom stereocenters. The molecule has 4 aromatic rings. The van der Waals surface area contributed by atoms with Crippen molar-refractivity contribution in [1.29, 1.82) is 0 Å². The molecule has 5 heteroatoms. The number of esters is 1. The first-order chi connectivity index (χ1) is 17.4. The molecule has 0 aliphatic carbocycles. The average molecular weight is 513 g/mol. The third-order valence-electron chi connectivity index (χ3n) is 5.39. The zero-order valence-corrected chi connectivity index (χ0v) is 21.3. The molecule has 0 bridgehead atoms. The van der Waals surface area contributed by atoms with Gasteiger partial charge in [-0.05, 0) is 89.1 Å². The Labute approximate surface area is 221 Å². The highest BCUT2D eigenvalue weighted by atomic mass is 35.5. The van der Waals surface area contributed by atoms with Gasteiger partial charge in [-0.2, -0.15) is 0 Å². The molecule has 0 spiro atoms. The van der Waals surface area contributed by atoms with E-state index in [1.54, 1.807) is 19.2 Å². The van der Waals surface area contributed by atoms with Gasteiger partial charge in [0.2, 0.25) is 0 Å². The molecule has 36 heavy (non-hydrogen) atoms. The Morgan fingerprint density at radius 3 is 1.58 bits per heavy atom. The summed E-state index contributed by atoms with van der Waals surface area (Å²) < 4.78 is 10.7. The van der Waals surface area contributed by atoms with E-state index in [9.17, 15) is 4.79 Å². The van der Waals surface area contributed by atoms with Crippen molar-refractivity contribution >= 4 is 39.9 Å². The van der Waals surface area contributed by atoms with E-state index in [4.69, 9.17) is 32.7 Å². The number of ether oxygens (including phenoxy) is 2. The van der Waals surface area contributed by atoms with E-state index in [1.807, 2.05) is 54.6 Å². The van der Waals surface area contributed by atoms with Crippen LogP contribution in [0.25, 0.3) is 10.8 Å². The lowest BCUT2D eigenvalue weighted by Crippen LogP contribution is -2.01. The Kier molecular flexibility index (Phi) is 8.32. The van der Waals surface area contributed by atoms with Gasteiger partial charge in [-0.1, -0.05) is 46.9 Å². The molecule has 4 rings (SSSR count). The molecule has 0 aromatic heterocycles. The molecule has 178 valence electrons. The average Bonchev–Trinajstić information content (AvgIpc) is 2.87. The van der Waals surface area contributed by atoms with Crippen LogP contribution in [0, 0.1) is 23.7 Å². The Morgan fingerprint density at radius 1 is 0.694 bits per heavy atom. The lowest BCUT2D eigenvalue weighted by Gasteiger charge is -2.11. The number of fused-ring (bicyclic) bond motifs is 1. The highest BCUT2D eigenvalue weighted by Crippen LogP contribution is 2.25. The van der Waals surface area contributed by atoms with E-state index in [0.29, 0.717) is 16.7 Å². The zero-order valence-electron chi connectivity index (χ0n) is 19.8. The summed E-state index contributed by atoms with van der Waals surface area (Å²) in [6, 6.07) is 22.8.